The minimum absolute atomic E-state index is 0.837. The summed E-state index contributed by atoms with van der Waals surface area (Å²) >= 11 is 0. The lowest BCUT2D eigenvalue weighted by Crippen LogP contribution is -2.13. The van der Waals surface area contributed by atoms with Gasteiger partial charge >= 0.3 is 0 Å². The van der Waals surface area contributed by atoms with Gasteiger partial charge in [0.2, 0.25) is 0 Å². The third-order valence-corrected chi connectivity index (χ3v) is 3.91. The van der Waals surface area contributed by atoms with E-state index < -0.39 is 0 Å². The molecule has 0 nitrogen and oxygen atoms in total. The van der Waals surface area contributed by atoms with Gasteiger partial charge in [-0.1, -0.05) is 56.0 Å². The van der Waals surface area contributed by atoms with Crippen molar-refractivity contribution in [3.05, 3.63) is 35.4 Å². The Morgan fingerprint density at radius 3 is 2.53 bits per heavy atom. The lowest BCUT2D eigenvalue weighted by molar-refractivity contribution is 0.314. The highest BCUT2D eigenvalue weighted by Gasteiger charge is 2.21. The SMILES string of the molecule is CCC1CCCC(c2ccc(C)cc2)C1. The first-order valence-corrected chi connectivity index (χ1v) is 6.36. The van der Waals surface area contributed by atoms with Crippen molar-refractivity contribution in [1.82, 2.24) is 0 Å². The minimum Gasteiger partial charge on any atom is -0.0651 e. The van der Waals surface area contributed by atoms with Crippen LogP contribution in [0.15, 0.2) is 24.3 Å². The van der Waals surface area contributed by atoms with Crippen molar-refractivity contribution in [2.45, 2.75) is 51.9 Å². The van der Waals surface area contributed by atoms with E-state index in [1.54, 1.807) is 5.56 Å². The summed E-state index contributed by atoms with van der Waals surface area (Å²) in [5, 5.41) is 0. The molecule has 2 atom stereocenters. The van der Waals surface area contributed by atoms with E-state index in [1.165, 1.54) is 37.7 Å². The number of benzene rings is 1. The van der Waals surface area contributed by atoms with Crippen molar-refractivity contribution >= 4 is 0 Å². The van der Waals surface area contributed by atoms with Gasteiger partial charge in [-0.15, -0.1) is 0 Å². The highest BCUT2D eigenvalue weighted by Crippen LogP contribution is 2.37. The highest BCUT2D eigenvalue weighted by atomic mass is 14.3. The van der Waals surface area contributed by atoms with Crippen LogP contribution in [0.3, 0.4) is 0 Å². The molecular weight excluding hydrogens is 180 g/mol. The summed E-state index contributed by atoms with van der Waals surface area (Å²) < 4.78 is 0. The van der Waals surface area contributed by atoms with Gasteiger partial charge in [0, 0.05) is 0 Å². The molecule has 1 aliphatic rings. The molecule has 1 fully saturated rings. The van der Waals surface area contributed by atoms with Crippen molar-refractivity contribution < 1.29 is 0 Å². The maximum Gasteiger partial charge on any atom is -0.0159 e. The Kier molecular flexibility index (Phi) is 3.45. The van der Waals surface area contributed by atoms with Gasteiger partial charge in [0.1, 0.15) is 0 Å². The summed E-state index contributed by atoms with van der Waals surface area (Å²) in [5.41, 5.74) is 2.94. The molecule has 2 unspecified atom stereocenters. The van der Waals surface area contributed by atoms with Gasteiger partial charge in [0.05, 0.1) is 0 Å². The Bertz CT molecular complexity index is 296. The van der Waals surface area contributed by atoms with Crippen molar-refractivity contribution in [3.8, 4) is 0 Å². The van der Waals surface area contributed by atoms with E-state index in [-0.39, 0.29) is 0 Å². The first kappa shape index (κ1) is 10.7. The van der Waals surface area contributed by atoms with Crippen LogP contribution in [0.2, 0.25) is 0 Å². The number of rotatable bonds is 2. The Morgan fingerprint density at radius 1 is 1.13 bits per heavy atom. The Balaban J connectivity index is 2.06. The zero-order valence-electron chi connectivity index (χ0n) is 10.00. The highest BCUT2D eigenvalue weighted by molar-refractivity contribution is 5.24. The molecule has 2 rings (SSSR count). The van der Waals surface area contributed by atoms with Crippen LogP contribution in [-0.2, 0) is 0 Å². The van der Waals surface area contributed by atoms with E-state index in [0.29, 0.717) is 0 Å². The quantitative estimate of drug-likeness (QED) is 0.653. The van der Waals surface area contributed by atoms with Crippen LogP contribution in [0.1, 0.15) is 56.1 Å². The molecule has 0 heterocycles. The number of hydrogen-bond acceptors (Lipinski definition) is 0. The van der Waals surface area contributed by atoms with Gasteiger partial charge in [-0.3, -0.25) is 0 Å². The van der Waals surface area contributed by atoms with Crippen LogP contribution in [0.25, 0.3) is 0 Å². The van der Waals surface area contributed by atoms with Gasteiger partial charge in [0.25, 0.3) is 0 Å². The predicted octanol–water partition coefficient (Wildman–Crippen LogP) is 4.68. The van der Waals surface area contributed by atoms with Gasteiger partial charge < -0.3 is 0 Å². The van der Waals surface area contributed by atoms with Gasteiger partial charge in [-0.05, 0) is 37.2 Å². The van der Waals surface area contributed by atoms with E-state index in [2.05, 4.69) is 38.1 Å². The number of hydrogen-bond donors (Lipinski definition) is 0. The zero-order chi connectivity index (χ0) is 10.7. The topological polar surface area (TPSA) is 0 Å². The van der Waals surface area contributed by atoms with E-state index in [0.717, 1.165) is 11.8 Å². The average molecular weight is 202 g/mol. The molecule has 0 aliphatic heterocycles. The van der Waals surface area contributed by atoms with Crippen molar-refractivity contribution in [2.75, 3.05) is 0 Å². The molecule has 15 heavy (non-hydrogen) atoms. The summed E-state index contributed by atoms with van der Waals surface area (Å²) in [6.45, 7) is 4.50. The summed E-state index contributed by atoms with van der Waals surface area (Å²) in [4.78, 5) is 0. The monoisotopic (exact) mass is 202 g/mol. The van der Waals surface area contributed by atoms with Gasteiger partial charge in [0.15, 0.2) is 0 Å². The molecule has 0 heteroatoms. The van der Waals surface area contributed by atoms with Crippen molar-refractivity contribution in [1.29, 1.82) is 0 Å². The summed E-state index contributed by atoms with van der Waals surface area (Å²) in [7, 11) is 0. The Labute approximate surface area is 93.7 Å². The largest absolute Gasteiger partial charge is 0.0651 e. The van der Waals surface area contributed by atoms with Crippen LogP contribution < -0.4 is 0 Å². The van der Waals surface area contributed by atoms with Crippen LogP contribution >= 0.6 is 0 Å². The third-order valence-electron chi connectivity index (χ3n) is 3.91. The lowest BCUT2D eigenvalue weighted by Gasteiger charge is -2.28. The molecule has 1 saturated carbocycles. The van der Waals surface area contributed by atoms with Gasteiger partial charge in [-0.25, -0.2) is 0 Å². The normalized spacial score (nSPS) is 26.5. The molecule has 1 aromatic carbocycles. The molecule has 0 spiro atoms. The summed E-state index contributed by atoms with van der Waals surface area (Å²) in [5.74, 6) is 1.81. The van der Waals surface area contributed by atoms with Crippen molar-refractivity contribution in [3.63, 3.8) is 0 Å². The first-order valence-electron chi connectivity index (χ1n) is 6.36. The average Bonchev–Trinajstić information content (AvgIpc) is 2.30. The maximum absolute atomic E-state index is 2.34. The molecule has 0 N–H and O–H groups in total. The fourth-order valence-electron chi connectivity index (χ4n) is 2.80. The molecule has 1 aromatic rings. The molecule has 0 aromatic heterocycles. The summed E-state index contributed by atoms with van der Waals surface area (Å²) in [6, 6.07) is 9.17. The fraction of sp³-hybridized carbons (Fsp3) is 0.600. The van der Waals surface area contributed by atoms with E-state index in [4.69, 9.17) is 0 Å². The molecule has 0 saturated heterocycles. The minimum atomic E-state index is 0.837. The third kappa shape index (κ3) is 2.62. The smallest absolute Gasteiger partial charge is 0.0159 e. The molecule has 0 radical (unpaired) electrons. The molecular formula is C15H22. The molecule has 82 valence electrons. The van der Waals surface area contributed by atoms with E-state index in [9.17, 15) is 0 Å². The van der Waals surface area contributed by atoms with Crippen LogP contribution in [-0.4, -0.2) is 0 Å². The van der Waals surface area contributed by atoms with Crippen LogP contribution in [0.4, 0.5) is 0 Å². The van der Waals surface area contributed by atoms with E-state index >= 15 is 0 Å². The lowest BCUT2D eigenvalue weighted by atomic mass is 9.77. The fourth-order valence-corrected chi connectivity index (χ4v) is 2.80. The second-order valence-corrected chi connectivity index (χ2v) is 5.05. The Hall–Kier alpha value is -0.780. The van der Waals surface area contributed by atoms with E-state index in [1.807, 2.05) is 0 Å². The first-order chi connectivity index (χ1) is 7.29. The van der Waals surface area contributed by atoms with Gasteiger partial charge in [-0.2, -0.15) is 0 Å². The van der Waals surface area contributed by atoms with Crippen molar-refractivity contribution in [2.24, 2.45) is 5.92 Å². The predicted molar refractivity (Wildman–Crippen MR) is 66.2 cm³/mol. The summed E-state index contributed by atoms with van der Waals surface area (Å²) in [6.07, 6.45) is 7.07. The standard InChI is InChI=1S/C15H22/c1-3-13-5-4-6-15(11-13)14-9-7-12(2)8-10-14/h7-10,13,15H,3-6,11H2,1-2H3. The van der Waals surface area contributed by atoms with Crippen LogP contribution in [0.5, 0.6) is 0 Å². The number of aryl methyl sites for hydroxylation is 1. The van der Waals surface area contributed by atoms with Crippen LogP contribution in [0, 0.1) is 12.8 Å². The maximum atomic E-state index is 2.34. The molecule has 0 amide bonds. The zero-order valence-corrected chi connectivity index (χ0v) is 10.00. The Morgan fingerprint density at radius 2 is 1.87 bits per heavy atom. The molecule has 1 aliphatic carbocycles. The second kappa shape index (κ2) is 4.83. The molecule has 0 bridgehead atoms. The second-order valence-electron chi connectivity index (χ2n) is 5.05.